The van der Waals surface area contributed by atoms with Crippen molar-refractivity contribution in [3.8, 4) is 6.07 Å². The van der Waals surface area contributed by atoms with Crippen LogP contribution in [0.5, 0.6) is 0 Å². The number of carbonyl (C=O) groups excluding carboxylic acids is 4. The summed E-state index contributed by atoms with van der Waals surface area (Å²) in [6.45, 7) is 1.41. The van der Waals surface area contributed by atoms with Crippen LogP contribution in [-0.4, -0.2) is 36.3 Å². The molecule has 1 heterocycles. The van der Waals surface area contributed by atoms with E-state index in [4.69, 9.17) is 16.3 Å². The first-order valence-electron chi connectivity index (χ1n) is 9.82. The van der Waals surface area contributed by atoms with E-state index in [9.17, 15) is 24.4 Å². The lowest BCUT2D eigenvalue weighted by molar-refractivity contribution is -0.150. The standard InChI is InChI=1S/C24H19ClN2O5S/c1-13(28)15-4-3-5-16(10-15)19(29)12-33-23-18(11-26)20(14-6-8-17(25)9-7-14)21(22(30)27-23)24(31)32-2/h3-10,20-21H,12H2,1-2H3,(H,27,30). The number of esters is 1. The third-order valence-electron chi connectivity index (χ3n) is 5.15. The first-order chi connectivity index (χ1) is 15.8. The number of rotatable bonds is 7. The molecule has 0 aliphatic carbocycles. The molecule has 1 aliphatic heterocycles. The minimum Gasteiger partial charge on any atom is -0.468 e. The van der Waals surface area contributed by atoms with Crippen molar-refractivity contribution < 1.29 is 23.9 Å². The average Bonchev–Trinajstić information content (AvgIpc) is 2.82. The Labute approximate surface area is 199 Å². The van der Waals surface area contributed by atoms with Gasteiger partial charge in [-0.3, -0.25) is 19.2 Å². The lowest BCUT2D eigenvalue weighted by Gasteiger charge is -2.30. The maximum atomic E-state index is 12.8. The topological polar surface area (TPSA) is 113 Å². The number of nitriles is 1. The fourth-order valence-corrected chi connectivity index (χ4v) is 4.55. The molecule has 2 aromatic rings. The highest BCUT2D eigenvalue weighted by atomic mass is 35.5. The number of thioether (sulfide) groups is 1. The van der Waals surface area contributed by atoms with Gasteiger partial charge >= 0.3 is 5.97 Å². The van der Waals surface area contributed by atoms with Crippen molar-refractivity contribution >= 4 is 46.8 Å². The zero-order chi connectivity index (χ0) is 24.1. The van der Waals surface area contributed by atoms with Gasteiger partial charge in [0.2, 0.25) is 5.91 Å². The van der Waals surface area contributed by atoms with Crippen molar-refractivity contribution in [1.29, 1.82) is 5.26 Å². The Morgan fingerprint density at radius 3 is 2.42 bits per heavy atom. The van der Waals surface area contributed by atoms with Crippen molar-refractivity contribution in [1.82, 2.24) is 5.32 Å². The van der Waals surface area contributed by atoms with Gasteiger partial charge in [-0.25, -0.2) is 0 Å². The smallest absolute Gasteiger partial charge is 0.319 e. The highest BCUT2D eigenvalue weighted by Gasteiger charge is 2.44. The van der Waals surface area contributed by atoms with E-state index in [2.05, 4.69) is 11.4 Å². The minimum absolute atomic E-state index is 0.0849. The van der Waals surface area contributed by atoms with Crippen molar-refractivity contribution in [2.75, 3.05) is 12.9 Å². The summed E-state index contributed by atoms with van der Waals surface area (Å²) in [7, 11) is 1.17. The number of ketones is 2. The zero-order valence-electron chi connectivity index (χ0n) is 17.8. The van der Waals surface area contributed by atoms with E-state index >= 15 is 0 Å². The first kappa shape index (κ1) is 24.2. The summed E-state index contributed by atoms with van der Waals surface area (Å²) in [6, 6.07) is 14.9. The van der Waals surface area contributed by atoms with E-state index in [1.807, 2.05) is 0 Å². The van der Waals surface area contributed by atoms with Crippen molar-refractivity contribution in [2.45, 2.75) is 12.8 Å². The molecule has 0 saturated heterocycles. The van der Waals surface area contributed by atoms with E-state index in [1.165, 1.54) is 20.1 Å². The van der Waals surface area contributed by atoms with E-state index < -0.39 is 23.7 Å². The molecule has 2 atom stereocenters. The summed E-state index contributed by atoms with van der Waals surface area (Å²) in [4.78, 5) is 49.5. The van der Waals surface area contributed by atoms with Crippen molar-refractivity contribution in [3.63, 3.8) is 0 Å². The summed E-state index contributed by atoms with van der Waals surface area (Å²) in [5.41, 5.74) is 1.44. The SMILES string of the molecule is COC(=O)C1C(=O)NC(SCC(=O)c2cccc(C(C)=O)c2)=C(C#N)C1c1ccc(Cl)cc1. The molecule has 1 aliphatic rings. The van der Waals surface area contributed by atoms with Gasteiger partial charge in [-0.1, -0.05) is 53.7 Å². The fraction of sp³-hybridized carbons (Fsp3) is 0.208. The van der Waals surface area contributed by atoms with Crippen molar-refractivity contribution in [2.24, 2.45) is 5.92 Å². The maximum Gasteiger partial charge on any atom is 0.319 e. The number of hydrogen-bond donors (Lipinski definition) is 1. The largest absolute Gasteiger partial charge is 0.468 e. The molecule has 0 aromatic heterocycles. The van der Waals surface area contributed by atoms with Crippen LogP contribution in [0.25, 0.3) is 0 Å². The van der Waals surface area contributed by atoms with E-state index in [0.717, 1.165) is 11.8 Å². The number of nitrogens with zero attached hydrogens (tertiary/aromatic N) is 1. The molecule has 7 nitrogen and oxygen atoms in total. The van der Waals surface area contributed by atoms with Gasteiger partial charge in [0.05, 0.1) is 29.5 Å². The van der Waals surface area contributed by atoms with Crippen molar-refractivity contribution in [3.05, 3.63) is 80.8 Å². The number of ether oxygens (including phenoxy) is 1. The Morgan fingerprint density at radius 1 is 1.15 bits per heavy atom. The first-order valence-corrected chi connectivity index (χ1v) is 11.2. The lowest BCUT2D eigenvalue weighted by Crippen LogP contribution is -2.44. The van der Waals surface area contributed by atoms with Gasteiger partial charge in [0, 0.05) is 22.1 Å². The van der Waals surface area contributed by atoms with Crippen LogP contribution in [0, 0.1) is 17.2 Å². The van der Waals surface area contributed by atoms with Gasteiger partial charge in [0.25, 0.3) is 0 Å². The predicted molar refractivity (Wildman–Crippen MR) is 124 cm³/mol. The molecule has 0 bridgehead atoms. The molecule has 0 spiro atoms. The molecular formula is C24H19ClN2O5S. The average molecular weight is 483 g/mol. The molecule has 1 N–H and O–H groups in total. The van der Waals surface area contributed by atoms with E-state index in [-0.39, 0.29) is 27.9 Å². The van der Waals surface area contributed by atoms with Crippen LogP contribution in [-0.2, 0) is 14.3 Å². The van der Waals surface area contributed by atoms with Gasteiger partial charge in [0.1, 0.15) is 5.92 Å². The molecule has 3 rings (SSSR count). The second-order valence-corrected chi connectivity index (χ2v) is 8.64. The number of carbonyl (C=O) groups is 4. The predicted octanol–water partition coefficient (Wildman–Crippen LogP) is 3.90. The number of halogens is 1. The van der Waals surface area contributed by atoms with Crippen LogP contribution < -0.4 is 5.32 Å². The number of hydrogen-bond acceptors (Lipinski definition) is 7. The molecular weight excluding hydrogens is 464 g/mol. The molecule has 0 saturated carbocycles. The maximum absolute atomic E-state index is 12.8. The van der Waals surface area contributed by atoms with Gasteiger partial charge in [-0.05, 0) is 30.7 Å². The van der Waals surface area contributed by atoms with Crippen LogP contribution in [0.4, 0.5) is 0 Å². The summed E-state index contributed by atoms with van der Waals surface area (Å²) in [5.74, 6) is -4.09. The summed E-state index contributed by atoms with van der Waals surface area (Å²) < 4.78 is 4.80. The van der Waals surface area contributed by atoms with Gasteiger partial charge in [0.15, 0.2) is 11.6 Å². The minimum atomic E-state index is -1.27. The number of methoxy groups -OCH3 is 1. The molecule has 0 fully saturated rings. The summed E-state index contributed by atoms with van der Waals surface area (Å²) in [5, 5.41) is 13.1. The Hall–Kier alpha value is -3.41. The van der Waals surface area contributed by atoms with Gasteiger partial charge < -0.3 is 10.1 Å². The van der Waals surface area contributed by atoms with Crippen LogP contribution in [0.15, 0.2) is 59.1 Å². The molecule has 2 unspecified atom stereocenters. The highest BCUT2D eigenvalue weighted by molar-refractivity contribution is 8.03. The second-order valence-electron chi connectivity index (χ2n) is 7.22. The highest BCUT2D eigenvalue weighted by Crippen LogP contribution is 2.40. The van der Waals surface area contributed by atoms with Crippen LogP contribution >= 0.6 is 23.4 Å². The lowest BCUT2D eigenvalue weighted by atomic mass is 9.78. The number of amides is 1. The summed E-state index contributed by atoms with van der Waals surface area (Å²) >= 11 is 6.95. The number of allylic oxidation sites excluding steroid dienone is 1. The monoisotopic (exact) mass is 482 g/mol. The Bertz CT molecular complexity index is 1200. The summed E-state index contributed by atoms with van der Waals surface area (Å²) in [6.07, 6.45) is 0. The van der Waals surface area contributed by atoms with E-state index in [1.54, 1.807) is 42.5 Å². The third-order valence-corrected chi connectivity index (χ3v) is 6.42. The Kier molecular flexibility index (Phi) is 7.69. The molecule has 0 radical (unpaired) electrons. The third kappa shape index (κ3) is 5.33. The number of nitrogens with one attached hydrogen (secondary N) is 1. The zero-order valence-corrected chi connectivity index (χ0v) is 19.3. The number of Topliss-reactive ketones (excluding diaryl/α,β-unsaturated/α-hetero) is 2. The number of benzene rings is 2. The van der Waals surface area contributed by atoms with Gasteiger partial charge in [-0.2, -0.15) is 5.26 Å². The van der Waals surface area contributed by atoms with Crippen LogP contribution in [0.3, 0.4) is 0 Å². The van der Waals surface area contributed by atoms with Crippen LogP contribution in [0.2, 0.25) is 5.02 Å². The van der Waals surface area contributed by atoms with Gasteiger partial charge in [-0.15, -0.1) is 0 Å². The normalized spacial score (nSPS) is 17.7. The molecule has 168 valence electrons. The molecule has 33 heavy (non-hydrogen) atoms. The molecule has 2 aromatic carbocycles. The Morgan fingerprint density at radius 2 is 1.82 bits per heavy atom. The van der Waals surface area contributed by atoms with Crippen LogP contribution in [0.1, 0.15) is 39.1 Å². The molecule has 1 amide bonds. The molecule has 9 heteroatoms. The second kappa shape index (κ2) is 10.5. The van der Waals surface area contributed by atoms with E-state index in [0.29, 0.717) is 21.7 Å². The fourth-order valence-electron chi connectivity index (χ4n) is 3.48. The quantitative estimate of drug-likeness (QED) is 0.361. The Balaban J connectivity index is 1.95.